The molecule has 0 spiro atoms. The predicted molar refractivity (Wildman–Crippen MR) is 107 cm³/mol. The Morgan fingerprint density at radius 3 is 2.42 bits per heavy atom. The van der Waals surface area contributed by atoms with E-state index >= 15 is 0 Å². The van der Waals surface area contributed by atoms with E-state index in [1.165, 1.54) is 5.56 Å². The van der Waals surface area contributed by atoms with E-state index in [2.05, 4.69) is 30.2 Å². The molecule has 0 fully saturated rings. The van der Waals surface area contributed by atoms with E-state index in [0.717, 1.165) is 17.1 Å². The molecule has 1 N–H and O–H groups in total. The van der Waals surface area contributed by atoms with Crippen molar-refractivity contribution in [2.45, 2.75) is 19.8 Å². The summed E-state index contributed by atoms with van der Waals surface area (Å²) in [5.41, 5.74) is 4.45. The van der Waals surface area contributed by atoms with Crippen LogP contribution in [0.4, 0.5) is 17.1 Å². The summed E-state index contributed by atoms with van der Waals surface area (Å²) in [5.74, 6) is 0.310. The number of pyridine rings is 1. The maximum Gasteiger partial charge on any atom is 0.259 e. The van der Waals surface area contributed by atoms with Crippen LogP contribution in [0.2, 0.25) is 0 Å². The molecule has 3 aromatic rings. The fourth-order valence-corrected chi connectivity index (χ4v) is 2.86. The normalized spacial score (nSPS) is 10.6. The Morgan fingerprint density at radius 2 is 1.69 bits per heavy atom. The number of nitrogens with one attached hydrogen (secondary N) is 1. The van der Waals surface area contributed by atoms with Gasteiger partial charge in [0.1, 0.15) is 0 Å². The number of benzene rings is 2. The van der Waals surface area contributed by atoms with Crippen LogP contribution in [-0.2, 0) is 0 Å². The molecule has 0 aliphatic carbocycles. The first-order chi connectivity index (χ1) is 12.6. The van der Waals surface area contributed by atoms with E-state index in [9.17, 15) is 4.79 Å². The van der Waals surface area contributed by atoms with Crippen LogP contribution in [0.25, 0.3) is 0 Å². The highest BCUT2D eigenvalue weighted by Gasteiger charge is 2.14. The Kier molecular flexibility index (Phi) is 5.32. The second-order valence-corrected chi connectivity index (χ2v) is 6.53. The van der Waals surface area contributed by atoms with Crippen molar-refractivity contribution in [3.8, 4) is 0 Å². The molecular formula is C22H23N3O. The van der Waals surface area contributed by atoms with Crippen LogP contribution in [0.15, 0.2) is 73.1 Å². The molecule has 0 saturated heterocycles. The Hall–Kier alpha value is -3.14. The van der Waals surface area contributed by atoms with Gasteiger partial charge in [-0.2, -0.15) is 0 Å². The minimum Gasteiger partial charge on any atom is -0.354 e. The number of hydrogen-bond acceptors (Lipinski definition) is 3. The third-order valence-electron chi connectivity index (χ3n) is 4.30. The van der Waals surface area contributed by atoms with Crippen LogP contribution in [0.1, 0.15) is 35.7 Å². The molecule has 1 amide bonds. The molecule has 132 valence electrons. The third kappa shape index (κ3) is 3.91. The standard InChI is InChI=1S/C22H23N3O/c1-16(2)20-11-7-8-12-21(20)24-18-13-17(14-23-15-18)22(26)25(3)19-9-5-4-6-10-19/h4-16,24H,1-3H3. The van der Waals surface area contributed by atoms with E-state index in [4.69, 9.17) is 0 Å². The maximum absolute atomic E-state index is 12.8. The predicted octanol–water partition coefficient (Wildman–Crippen LogP) is 5.23. The highest BCUT2D eigenvalue weighted by molar-refractivity contribution is 6.06. The lowest BCUT2D eigenvalue weighted by atomic mass is 10.0. The SMILES string of the molecule is CC(C)c1ccccc1Nc1cncc(C(=O)N(C)c2ccccc2)c1. The van der Waals surface area contributed by atoms with Gasteiger partial charge < -0.3 is 10.2 Å². The monoisotopic (exact) mass is 345 g/mol. The maximum atomic E-state index is 12.8. The average Bonchev–Trinajstić information content (AvgIpc) is 2.68. The summed E-state index contributed by atoms with van der Waals surface area (Å²) in [6.45, 7) is 4.32. The summed E-state index contributed by atoms with van der Waals surface area (Å²) in [7, 11) is 1.77. The van der Waals surface area contributed by atoms with Gasteiger partial charge in [0, 0.05) is 24.6 Å². The molecule has 4 nitrogen and oxygen atoms in total. The number of para-hydroxylation sites is 2. The number of carbonyl (C=O) groups excluding carboxylic acids is 1. The zero-order valence-electron chi connectivity index (χ0n) is 15.3. The molecule has 0 atom stereocenters. The van der Waals surface area contributed by atoms with Crippen LogP contribution in [0.3, 0.4) is 0 Å². The summed E-state index contributed by atoms with van der Waals surface area (Å²) in [5, 5.41) is 3.39. The molecule has 26 heavy (non-hydrogen) atoms. The lowest BCUT2D eigenvalue weighted by Gasteiger charge is -2.18. The van der Waals surface area contributed by atoms with Gasteiger partial charge in [-0.1, -0.05) is 50.2 Å². The number of nitrogens with zero attached hydrogens (tertiary/aromatic N) is 2. The van der Waals surface area contributed by atoms with Crippen molar-refractivity contribution in [2.24, 2.45) is 0 Å². The number of amides is 1. The highest BCUT2D eigenvalue weighted by Crippen LogP contribution is 2.27. The smallest absolute Gasteiger partial charge is 0.259 e. The molecule has 0 radical (unpaired) electrons. The van der Waals surface area contributed by atoms with Crippen molar-refractivity contribution in [2.75, 3.05) is 17.3 Å². The summed E-state index contributed by atoms with van der Waals surface area (Å²) >= 11 is 0. The van der Waals surface area contributed by atoms with E-state index < -0.39 is 0 Å². The summed E-state index contributed by atoms with van der Waals surface area (Å²) in [4.78, 5) is 18.7. The third-order valence-corrected chi connectivity index (χ3v) is 4.30. The molecule has 4 heteroatoms. The molecule has 0 saturated carbocycles. The molecule has 0 unspecified atom stereocenters. The lowest BCUT2D eigenvalue weighted by molar-refractivity contribution is 0.0992. The van der Waals surface area contributed by atoms with E-state index in [-0.39, 0.29) is 5.91 Å². The molecule has 0 aliphatic heterocycles. The number of anilines is 3. The zero-order valence-corrected chi connectivity index (χ0v) is 15.3. The van der Waals surface area contributed by atoms with Crippen molar-refractivity contribution in [1.82, 2.24) is 4.98 Å². The van der Waals surface area contributed by atoms with E-state index in [0.29, 0.717) is 11.5 Å². The molecule has 1 aromatic heterocycles. The zero-order chi connectivity index (χ0) is 18.5. The Balaban J connectivity index is 1.84. The minimum absolute atomic E-state index is 0.0931. The van der Waals surface area contributed by atoms with Crippen molar-refractivity contribution < 1.29 is 4.79 Å². The van der Waals surface area contributed by atoms with Gasteiger partial charge in [-0.05, 0) is 35.7 Å². The topological polar surface area (TPSA) is 45.2 Å². The van der Waals surface area contributed by atoms with Crippen molar-refractivity contribution in [1.29, 1.82) is 0 Å². The van der Waals surface area contributed by atoms with Crippen LogP contribution in [0.5, 0.6) is 0 Å². The Morgan fingerprint density at radius 1 is 1.00 bits per heavy atom. The minimum atomic E-state index is -0.0931. The lowest BCUT2D eigenvalue weighted by Crippen LogP contribution is -2.26. The van der Waals surface area contributed by atoms with Gasteiger partial charge in [-0.15, -0.1) is 0 Å². The summed E-state index contributed by atoms with van der Waals surface area (Å²) < 4.78 is 0. The molecule has 2 aromatic carbocycles. The molecule has 3 rings (SSSR count). The van der Waals surface area contributed by atoms with E-state index in [1.807, 2.05) is 54.6 Å². The van der Waals surface area contributed by atoms with Gasteiger partial charge in [-0.25, -0.2) is 0 Å². The van der Waals surface area contributed by atoms with Gasteiger partial charge in [0.2, 0.25) is 0 Å². The second-order valence-electron chi connectivity index (χ2n) is 6.53. The molecule has 1 heterocycles. The molecule has 0 bridgehead atoms. The van der Waals surface area contributed by atoms with Gasteiger partial charge in [0.15, 0.2) is 0 Å². The van der Waals surface area contributed by atoms with Gasteiger partial charge in [-0.3, -0.25) is 9.78 Å². The Bertz CT molecular complexity index is 891. The number of carbonyl (C=O) groups is 1. The first-order valence-corrected chi connectivity index (χ1v) is 8.70. The molecular weight excluding hydrogens is 322 g/mol. The van der Waals surface area contributed by atoms with Crippen molar-refractivity contribution >= 4 is 23.0 Å². The Labute approximate surface area is 154 Å². The summed E-state index contributed by atoms with van der Waals surface area (Å²) in [6.07, 6.45) is 3.33. The number of aromatic nitrogens is 1. The number of hydrogen-bond donors (Lipinski definition) is 1. The van der Waals surface area contributed by atoms with Crippen LogP contribution in [0, 0.1) is 0 Å². The van der Waals surface area contributed by atoms with Crippen molar-refractivity contribution in [3.05, 3.63) is 84.2 Å². The van der Waals surface area contributed by atoms with E-state index in [1.54, 1.807) is 24.3 Å². The highest BCUT2D eigenvalue weighted by atomic mass is 16.2. The van der Waals surface area contributed by atoms with Gasteiger partial charge in [0.25, 0.3) is 5.91 Å². The van der Waals surface area contributed by atoms with Crippen LogP contribution in [-0.4, -0.2) is 17.9 Å². The average molecular weight is 345 g/mol. The van der Waals surface area contributed by atoms with Crippen molar-refractivity contribution in [3.63, 3.8) is 0 Å². The van der Waals surface area contributed by atoms with Crippen LogP contribution >= 0.6 is 0 Å². The second kappa shape index (κ2) is 7.83. The quantitative estimate of drug-likeness (QED) is 0.689. The first kappa shape index (κ1) is 17.7. The molecule has 0 aliphatic rings. The van der Waals surface area contributed by atoms with Gasteiger partial charge >= 0.3 is 0 Å². The fourth-order valence-electron chi connectivity index (χ4n) is 2.86. The summed E-state index contributed by atoms with van der Waals surface area (Å²) in [6, 6.07) is 19.6. The first-order valence-electron chi connectivity index (χ1n) is 8.70. The number of rotatable bonds is 5. The van der Waals surface area contributed by atoms with Crippen LogP contribution < -0.4 is 10.2 Å². The largest absolute Gasteiger partial charge is 0.354 e. The fraction of sp³-hybridized carbons (Fsp3) is 0.182. The van der Waals surface area contributed by atoms with Gasteiger partial charge in [0.05, 0.1) is 17.4 Å².